The molecular formula is C29H32N2O4. The zero-order valence-electron chi connectivity index (χ0n) is 20.4. The molecular weight excluding hydrogens is 440 g/mol. The van der Waals surface area contributed by atoms with E-state index in [0.29, 0.717) is 24.6 Å². The van der Waals surface area contributed by atoms with Crippen LogP contribution < -0.4 is 4.74 Å². The Morgan fingerprint density at radius 3 is 2.57 bits per heavy atom. The summed E-state index contributed by atoms with van der Waals surface area (Å²) in [7, 11) is 3.40. The lowest BCUT2D eigenvalue weighted by Crippen LogP contribution is -2.33. The summed E-state index contributed by atoms with van der Waals surface area (Å²) in [6.07, 6.45) is 2.41. The van der Waals surface area contributed by atoms with Crippen molar-refractivity contribution in [3.63, 3.8) is 0 Å². The van der Waals surface area contributed by atoms with Gasteiger partial charge in [-0.3, -0.25) is 4.79 Å². The average molecular weight is 473 g/mol. The lowest BCUT2D eigenvalue weighted by molar-refractivity contribution is 0.0781. The molecule has 6 heteroatoms. The van der Waals surface area contributed by atoms with Crippen LogP contribution in [-0.2, 0) is 10.2 Å². The largest absolute Gasteiger partial charge is 0.497 e. The third-order valence-electron chi connectivity index (χ3n) is 7.53. The van der Waals surface area contributed by atoms with Crippen LogP contribution in [0.3, 0.4) is 0 Å². The first-order chi connectivity index (χ1) is 17.0. The first-order valence-corrected chi connectivity index (χ1v) is 12.3. The van der Waals surface area contributed by atoms with Gasteiger partial charge >= 0.3 is 6.09 Å². The third kappa shape index (κ3) is 4.70. The molecule has 1 saturated heterocycles. The van der Waals surface area contributed by atoms with Crippen LogP contribution in [0.2, 0.25) is 0 Å². The van der Waals surface area contributed by atoms with Gasteiger partial charge in [-0.2, -0.15) is 0 Å². The van der Waals surface area contributed by atoms with Crippen molar-refractivity contribution in [1.82, 2.24) is 9.80 Å². The van der Waals surface area contributed by atoms with Crippen LogP contribution in [0.25, 0.3) is 10.8 Å². The predicted molar refractivity (Wildman–Crippen MR) is 136 cm³/mol. The van der Waals surface area contributed by atoms with Gasteiger partial charge in [-0.25, -0.2) is 4.79 Å². The second-order valence-corrected chi connectivity index (χ2v) is 9.78. The molecule has 2 fully saturated rings. The number of unbranched alkanes of at least 4 members (excludes halogenated alkanes) is 1. The van der Waals surface area contributed by atoms with Crippen molar-refractivity contribution in [2.24, 2.45) is 5.92 Å². The molecule has 3 aromatic carbocycles. The maximum atomic E-state index is 12.7. The maximum absolute atomic E-state index is 12.7. The molecule has 1 aliphatic carbocycles. The van der Waals surface area contributed by atoms with Crippen molar-refractivity contribution >= 4 is 22.8 Å². The third-order valence-corrected chi connectivity index (χ3v) is 7.53. The fourth-order valence-electron chi connectivity index (χ4n) is 5.33. The Morgan fingerprint density at radius 1 is 1.03 bits per heavy atom. The van der Waals surface area contributed by atoms with Crippen molar-refractivity contribution in [3.8, 4) is 5.75 Å². The Balaban J connectivity index is 1.05. The van der Waals surface area contributed by atoms with Crippen LogP contribution in [0, 0.1) is 5.92 Å². The smallest absolute Gasteiger partial charge is 0.409 e. The minimum absolute atomic E-state index is 0.0278. The van der Waals surface area contributed by atoms with Crippen LogP contribution >= 0.6 is 0 Å². The number of hydrogen-bond donors (Lipinski definition) is 0. The number of ether oxygens (including phenoxy) is 2. The number of carbonyl (C=O) groups is 2. The molecule has 182 valence electrons. The zero-order chi connectivity index (χ0) is 24.4. The van der Waals surface area contributed by atoms with E-state index in [1.165, 1.54) is 16.3 Å². The van der Waals surface area contributed by atoms with Crippen LogP contribution in [-0.4, -0.2) is 62.2 Å². The number of benzene rings is 3. The van der Waals surface area contributed by atoms with Gasteiger partial charge in [0.2, 0.25) is 0 Å². The van der Waals surface area contributed by atoms with Gasteiger partial charge in [-0.05, 0) is 65.8 Å². The molecule has 0 aromatic heterocycles. The van der Waals surface area contributed by atoms with Gasteiger partial charge in [0.25, 0.3) is 5.91 Å². The van der Waals surface area contributed by atoms with E-state index >= 15 is 0 Å². The maximum Gasteiger partial charge on any atom is 0.409 e. The molecule has 2 amide bonds. The van der Waals surface area contributed by atoms with Gasteiger partial charge in [0.1, 0.15) is 5.75 Å². The minimum atomic E-state index is -0.222. The highest BCUT2D eigenvalue weighted by atomic mass is 16.6. The van der Waals surface area contributed by atoms with Crippen LogP contribution in [0.15, 0.2) is 66.7 Å². The van der Waals surface area contributed by atoms with E-state index < -0.39 is 0 Å². The summed E-state index contributed by atoms with van der Waals surface area (Å²) in [5, 5.41) is 2.50. The molecule has 5 rings (SSSR count). The van der Waals surface area contributed by atoms with E-state index in [9.17, 15) is 9.59 Å². The molecule has 0 unspecified atom stereocenters. The number of amides is 2. The first-order valence-electron chi connectivity index (χ1n) is 12.3. The SMILES string of the molecule is COc1ccc(C(=O)N(C)CCCCOC(=O)N2C[C@H]3C[C@@]3(c3ccc4ccccc4c3)C2)cc1. The Morgan fingerprint density at radius 2 is 1.80 bits per heavy atom. The lowest BCUT2D eigenvalue weighted by Gasteiger charge is -2.21. The van der Waals surface area contributed by atoms with E-state index in [-0.39, 0.29) is 17.4 Å². The summed E-state index contributed by atoms with van der Waals surface area (Å²) in [4.78, 5) is 28.8. The molecule has 0 spiro atoms. The van der Waals surface area contributed by atoms with Gasteiger partial charge in [0.05, 0.1) is 13.7 Å². The summed E-state index contributed by atoms with van der Waals surface area (Å²) in [6, 6.07) is 22.2. The molecule has 2 aliphatic rings. The van der Waals surface area contributed by atoms with Crippen molar-refractivity contribution < 1.29 is 19.1 Å². The van der Waals surface area contributed by atoms with Crippen LogP contribution in [0.5, 0.6) is 5.75 Å². The Labute approximate surface area is 206 Å². The predicted octanol–water partition coefficient (Wildman–Crippen LogP) is 5.11. The van der Waals surface area contributed by atoms with E-state index in [0.717, 1.165) is 38.1 Å². The second kappa shape index (κ2) is 9.61. The molecule has 6 nitrogen and oxygen atoms in total. The number of nitrogens with zero attached hydrogens (tertiary/aromatic N) is 2. The molecule has 1 aliphatic heterocycles. The highest BCUT2D eigenvalue weighted by Crippen LogP contribution is 2.59. The van der Waals surface area contributed by atoms with E-state index in [4.69, 9.17) is 9.47 Å². The Hall–Kier alpha value is -3.54. The quantitative estimate of drug-likeness (QED) is 0.428. The molecule has 3 aromatic rings. The molecule has 0 N–H and O–H groups in total. The summed E-state index contributed by atoms with van der Waals surface area (Å²) in [5.41, 5.74) is 2.06. The Kier molecular flexibility index (Phi) is 6.37. The van der Waals surface area contributed by atoms with Gasteiger partial charge in [-0.15, -0.1) is 0 Å². The number of carbonyl (C=O) groups excluding carboxylic acids is 2. The normalized spacial score (nSPS) is 20.4. The number of methoxy groups -OCH3 is 1. The second-order valence-electron chi connectivity index (χ2n) is 9.78. The molecule has 1 saturated carbocycles. The molecule has 2 atom stereocenters. The van der Waals surface area contributed by atoms with Gasteiger partial charge in [0, 0.05) is 37.7 Å². The number of likely N-dealkylation sites (tertiary alicyclic amines) is 1. The molecule has 0 bridgehead atoms. The molecule has 35 heavy (non-hydrogen) atoms. The van der Waals surface area contributed by atoms with E-state index in [2.05, 4.69) is 42.5 Å². The van der Waals surface area contributed by atoms with Gasteiger partial charge in [-0.1, -0.05) is 42.5 Å². The first kappa shape index (κ1) is 23.2. The minimum Gasteiger partial charge on any atom is -0.497 e. The number of hydrogen-bond acceptors (Lipinski definition) is 4. The summed E-state index contributed by atoms with van der Waals surface area (Å²) in [6.45, 7) is 2.48. The summed E-state index contributed by atoms with van der Waals surface area (Å²) >= 11 is 0. The fourth-order valence-corrected chi connectivity index (χ4v) is 5.33. The lowest BCUT2D eigenvalue weighted by atomic mass is 9.93. The number of fused-ring (bicyclic) bond motifs is 2. The highest BCUT2D eigenvalue weighted by molar-refractivity contribution is 5.94. The van der Waals surface area contributed by atoms with Crippen LogP contribution in [0.1, 0.15) is 35.2 Å². The summed E-state index contributed by atoms with van der Waals surface area (Å²) in [5.74, 6) is 1.22. The van der Waals surface area contributed by atoms with Crippen molar-refractivity contribution in [1.29, 1.82) is 0 Å². The van der Waals surface area contributed by atoms with Gasteiger partial charge in [0.15, 0.2) is 0 Å². The number of piperidine rings is 1. The van der Waals surface area contributed by atoms with Crippen molar-refractivity contribution in [2.45, 2.75) is 24.7 Å². The topological polar surface area (TPSA) is 59.1 Å². The summed E-state index contributed by atoms with van der Waals surface area (Å²) < 4.78 is 10.7. The molecule has 1 heterocycles. The monoisotopic (exact) mass is 472 g/mol. The standard InChI is InChI=1S/C29H32N2O4/c1-30(27(32)22-10-13-26(34-2)14-11-22)15-5-6-16-35-28(33)31-19-25-18-29(25,20-31)24-12-9-21-7-3-4-8-23(21)17-24/h3-4,7-14,17,25H,5-6,15-16,18-20H2,1-2H3/t25-,29+/m1/s1. The Bertz CT molecular complexity index is 1220. The van der Waals surface area contributed by atoms with E-state index in [1.807, 2.05) is 4.90 Å². The van der Waals surface area contributed by atoms with Crippen LogP contribution in [0.4, 0.5) is 4.79 Å². The van der Waals surface area contributed by atoms with Gasteiger partial charge < -0.3 is 19.3 Å². The highest BCUT2D eigenvalue weighted by Gasteiger charge is 2.61. The number of rotatable bonds is 8. The fraction of sp³-hybridized carbons (Fsp3) is 0.379. The van der Waals surface area contributed by atoms with Crippen molar-refractivity contribution in [2.75, 3.05) is 40.4 Å². The van der Waals surface area contributed by atoms with E-state index in [1.54, 1.807) is 43.3 Å². The average Bonchev–Trinajstić information content (AvgIpc) is 3.47. The van der Waals surface area contributed by atoms with Crippen molar-refractivity contribution in [3.05, 3.63) is 77.9 Å². The molecule has 0 radical (unpaired) electrons. The zero-order valence-corrected chi connectivity index (χ0v) is 20.4.